The monoisotopic (exact) mass is 366 g/mol. The standard InChI is InChI=1S/C18H26N2O4S/c1-14-6-8-15(9-7-14)25(23,24)20-12-10-19(11-13-20)17-5-3-2-4-16(17)18(21)22/h6-9,16-17H,2-5,10-13H2,1H3,(H,21,22)/t16-,17-/m0/s1. The van der Waals surface area contributed by atoms with Gasteiger partial charge in [0, 0.05) is 32.2 Å². The first-order valence-corrected chi connectivity index (χ1v) is 10.4. The molecule has 1 aliphatic heterocycles. The number of carbonyl (C=O) groups is 1. The van der Waals surface area contributed by atoms with Crippen LogP contribution in [-0.4, -0.2) is 60.9 Å². The van der Waals surface area contributed by atoms with Crippen molar-refractivity contribution < 1.29 is 18.3 Å². The molecular formula is C18H26N2O4S. The highest BCUT2D eigenvalue weighted by atomic mass is 32.2. The van der Waals surface area contributed by atoms with E-state index in [9.17, 15) is 18.3 Å². The Kier molecular flexibility index (Phi) is 5.46. The molecule has 1 heterocycles. The lowest BCUT2D eigenvalue weighted by atomic mass is 9.83. The van der Waals surface area contributed by atoms with Crippen LogP contribution in [0.1, 0.15) is 31.2 Å². The highest BCUT2D eigenvalue weighted by Gasteiger charge is 2.37. The fourth-order valence-electron chi connectivity index (χ4n) is 3.97. The van der Waals surface area contributed by atoms with Crippen molar-refractivity contribution >= 4 is 16.0 Å². The van der Waals surface area contributed by atoms with E-state index in [4.69, 9.17) is 0 Å². The van der Waals surface area contributed by atoms with Gasteiger partial charge in [-0.25, -0.2) is 8.42 Å². The Balaban J connectivity index is 1.67. The molecule has 1 saturated carbocycles. The maximum Gasteiger partial charge on any atom is 0.308 e. The van der Waals surface area contributed by atoms with Crippen LogP contribution in [0.3, 0.4) is 0 Å². The molecule has 0 radical (unpaired) electrons. The lowest BCUT2D eigenvalue weighted by molar-refractivity contribution is -0.146. The van der Waals surface area contributed by atoms with E-state index in [2.05, 4.69) is 4.90 Å². The van der Waals surface area contributed by atoms with E-state index in [1.165, 1.54) is 4.31 Å². The number of benzene rings is 1. The third-order valence-corrected chi connectivity index (χ3v) is 7.36. The molecule has 2 atom stereocenters. The molecule has 1 aromatic carbocycles. The first-order chi connectivity index (χ1) is 11.9. The molecule has 138 valence electrons. The number of hydrogen-bond acceptors (Lipinski definition) is 4. The smallest absolute Gasteiger partial charge is 0.308 e. The Morgan fingerprint density at radius 3 is 2.24 bits per heavy atom. The molecule has 1 N–H and O–H groups in total. The predicted octanol–water partition coefficient (Wildman–Crippen LogP) is 1.94. The summed E-state index contributed by atoms with van der Waals surface area (Å²) in [6.07, 6.45) is 3.63. The van der Waals surface area contributed by atoms with Crippen molar-refractivity contribution in [2.45, 2.75) is 43.5 Å². The predicted molar refractivity (Wildman–Crippen MR) is 94.9 cm³/mol. The van der Waals surface area contributed by atoms with Gasteiger partial charge < -0.3 is 5.11 Å². The Bertz CT molecular complexity index is 709. The Hall–Kier alpha value is -1.44. The summed E-state index contributed by atoms with van der Waals surface area (Å²) < 4.78 is 27.1. The summed E-state index contributed by atoms with van der Waals surface area (Å²) in [5.41, 5.74) is 1.03. The molecule has 2 aliphatic rings. The minimum Gasteiger partial charge on any atom is -0.481 e. The van der Waals surface area contributed by atoms with Gasteiger partial charge in [0.15, 0.2) is 0 Å². The molecule has 0 bridgehead atoms. The van der Waals surface area contributed by atoms with Crippen molar-refractivity contribution in [1.82, 2.24) is 9.21 Å². The number of carboxylic acids is 1. The number of hydrogen-bond donors (Lipinski definition) is 1. The number of carboxylic acid groups (broad SMARTS) is 1. The third-order valence-electron chi connectivity index (χ3n) is 5.45. The molecular weight excluding hydrogens is 340 g/mol. The minimum absolute atomic E-state index is 0.0375. The number of piperazine rings is 1. The number of aryl methyl sites for hydroxylation is 1. The summed E-state index contributed by atoms with van der Waals surface area (Å²) in [4.78, 5) is 14.0. The largest absolute Gasteiger partial charge is 0.481 e. The van der Waals surface area contributed by atoms with Crippen molar-refractivity contribution in [3.8, 4) is 0 Å². The summed E-state index contributed by atoms with van der Waals surface area (Å²) in [5, 5.41) is 9.46. The van der Waals surface area contributed by atoms with Gasteiger partial charge in [-0.15, -0.1) is 0 Å². The fraction of sp³-hybridized carbons (Fsp3) is 0.611. The summed E-state index contributed by atoms with van der Waals surface area (Å²) in [6, 6.07) is 6.96. The van der Waals surface area contributed by atoms with Gasteiger partial charge in [-0.3, -0.25) is 9.69 Å². The minimum atomic E-state index is -3.47. The fourth-order valence-corrected chi connectivity index (χ4v) is 5.39. The van der Waals surface area contributed by atoms with Crippen LogP contribution in [0.25, 0.3) is 0 Å². The van der Waals surface area contributed by atoms with Gasteiger partial charge >= 0.3 is 5.97 Å². The van der Waals surface area contributed by atoms with Crippen LogP contribution >= 0.6 is 0 Å². The topological polar surface area (TPSA) is 77.9 Å². The van der Waals surface area contributed by atoms with Crippen LogP contribution in [0, 0.1) is 12.8 Å². The van der Waals surface area contributed by atoms with E-state index < -0.39 is 16.0 Å². The average Bonchev–Trinajstić information content (AvgIpc) is 2.62. The zero-order valence-electron chi connectivity index (χ0n) is 14.6. The molecule has 25 heavy (non-hydrogen) atoms. The highest BCUT2D eigenvalue weighted by Crippen LogP contribution is 2.30. The lowest BCUT2D eigenvalue weighted by Crippen LogP contribution is -2.55. The van der Waals surface area contributed by atoms with E-state index >= 15 is 0 Å². The molecule has 1 aliphatic carbocycles. The van der Waals surface area contributed by atoms with Crippen LogP contribution in [0.2, 0.25) is 0 Å². The van der Waals surface area contributed by atoms with Gasteiger partial charge in [-0.1, -0.05) is 30.5 Å². The van der Waals surface area contributed by atoms with Gasteiger partial charge in [0.2, 0.25) is 10.0 Å². The molecule has 0 spiro atoms. The molecule has 0 amide bonds. The molecule has 2 fully saturated rings. The van der Waals surface area contributed by atoms with Crippen LogP contribution in [-0.2, 0) is 14.8 Å². The number of rotatable bonds is 4. The molecule has 3 rings (SSSR count). The molecule has 1 aromatic rings. The second kappa shape index (κ2) is 7.43. The first-order valence-electron chi connectivity index (χ1n) is 8.93. The molecule has 0 unspecified atom stereocenters. The van der Waals surface area contributed by atoms with Crippen molar-refractivity contribution in [3.63, 3.8) is 0 Å². The zero-order valence-corrected chi connectivity index (χ0v) is 15.4. The van der Waals surface area contributed by atoms with Crippen molar-refractivity contribution in [1.29, 1.82) is 0 Å². The van der Waals surface area contributed by atoms with Crippen LogP contribution in [0.4, 0.5) is 0 Å². The van der Waals surface area contributed by atoms with Gasteiger partial charge in [0.05, 0.1) is 10.8 Å². The zero-order chi connectivity index (χ0) is 18.0. The third kappa shape index (κ3) is 3.88. The highest BCUT2D eigenvalue weighted by molar-refractivity contribution is 7.89. The van der Waals surface area contributed by atoms with Gasteiger partial charge in [-0.2, -0.15) is 4.31 Å². The van der Waals surface area contributed by atoms with Crippen molar-refractivity contribution in [3.05, 3.63) is 29.8 Å². The SMILES string of the molecule is Cc1ccc(S(=O)(=O)N2CCN([C@H]3CCCC[C@@H]3C(=O)O)CC2)cc1. The summed E-state index contributed by atoms with van der Waals surface area (Å²) >= 11 is 0. The Morgan fingerprint density at radius 2 is 1.64 bits per heavy atom. The molecule has 7 heteroatoms. The first kappa shape index (κ1) is 18.4. The number of sulfonamides is 1. The normalized spacial score (nSPS) is 26.4. The van der Waals surface area contributed by atoms with Gasteiger partial charge in [0.1, 0.15) is 0 Å². The van der Waals surface area contributed by atoms with Crippen molar-refractivity contribution in [2.75, 3.05) is 26.2 Å². The van der Waals surface area contributed by atoms with E-state index in [1.54, 1.807) is 12.1 Å². The maximum atomic E-state index is 12.8. The van der Waals surface area contributed by atoms with Gasteiger partial charge in [0.25, 0.3) is 0 Å². The molecule has 0 aromatic heterocycles. The van der Waals surface area contributed by atoms with E-state index in [-0.39, 0.29) is 12.0 Å². The Labute approximate surface area is 149 Å². The van der Waals surface area contributed by atoms with E-state index in [0.29, 0.717) is 31.1 Å². The van der Waals surface area contributed by atoms with Crippen LogP contribution in [0.15, 0.2) is 29.2 Å². The Morgan fingerprint density at radius 1 is 1.04 bits per heavy atom. The quantitative estimate of drug-likeness (QED) is 0.881. The number of aliphatic carboxylic acids is 1. The summed E-state index contributed by atoms with van der Waals surface area (Å²) in [7, 11) is -3.47. The molecule has 1 saturated heterocycles. The van der Waals surface area contributed by atoms with Crippen LogP contribution < -0.4 is 0 Å². The summed E-state index contributed by atoms with van der Waals surface area (Å²) in [6.45, 7) is 3.95. The number of nitrogens with zero attached hydrogens (tertiary/aromatic N) is 2. The average molecular weight is 366 g/mol. The summed E-state index contributed by atoms with van der Waals surface area (Å²) in [5.74, 6) is -1.05. The van der Waals surface area contributed by atoms with Gasteiger partial charge in [-0.05, 0) is 31.9 Å². The lowest BCUT2D eigenvalue weighted by Gasteiger charge is -2.42. The second-order valence-corrected chi connectivity index (χ2v) is 8.99. The van der Waals surface area contributed by atoms with Crippen molar-refractivity contribution in [2.24, 2.45) is 5.92 Å². The van der Waals surface area contributed by atoms with E-state index in [0.717, 1.165) is 31.2 Å². The van der Waals surface area contributed by atoms with E-state index in [1.807, 2.05) is 19.1 Å². The maximum absolute atomic E-state index is 12.8. The molecule has 6 nitrogen and oxygen atoms in total. The second-order valence-electron chi connectivity index (χ2n) is 7.05. The van der Waals surface area contributed by atoms with Crippen LogP contribution in [0.5, 0.6) is 0 Å².